The van der Waals surface area contributed by atoms with E-state index in [9.17, 15) is 5.11 Å². The molecule has 1 aromatic rings. The Morgan fingerprint density at radius 2 is 1.57 bits per heavy atom. The Morgan fingerprint density at radius 1 is 1.07 bits per heavy atom. The standard InChI is InChI=1S/C12H17ClO/c1-7-5-9(3)11(6-8(7)2)12(14)10(4)13/h5-6,10,12,14H,1-4H3. The van der Waals surface area contributed by atoms with Crippen LogP contribution >= 0.6 is 11.6 Å². The number of hydrogen-bond donors (Lipinski definition) is 1. The Kier molecular flexibility index (Phi) is 3.57. The lowest BCUT2D eigenvalue weighted by Crippen LogP contribution is -2.10. The Balaban J connectivity index is 3.15. The molecule has 0 aromatic heterocycles. The second-order valence-corrected chi connectivity index (χ2v) is 4.60. The van der Waals surface area contributed by atoms with Crippen molar-refractivity contribution in [3.63, 3.8) is 0 Å². The van der Waals surface area contributed by atoms with Crippen molar-refractivity contribution in [3.05, 3.63) is 34.4 Å². The van der Waals surface area contributed by atoms with Crippen LogP contribution in [0.15, 0.2) is 12.1 Å². The van der Waals surface area contributed by atoms with Crippen LogP contribution in [0, 0.1) is 20.8 Å². The van der Waals surface area contributed by atoms with E-state index in [4.69, 9.17) is 11.6 Å². The summed E-state index contributed by atoms with van der Waals surface area (Å²) in [7, 11) is 0. The van der Waals surface area contributed by atoms with Gasteiger partial charge in [-0.2, -0.15) is 0 Å². The molecule has 2 atom stereocenters. The highest BCUT2D eigenvalue weighted by atomic mass is 35.5. The Bertz CT molecular complexity index is 331. The minimum atomic E-state index is -0.573. The topological polar surface area (TPSA) is 20.2 Å². The molecule has 0 aliphatic rings. The van der Waals surface area contributed by atoms with Crippen molar-refractivity contribution in [1.29, 1.82) is 0 Å². The van der Waals surface area contributed by atoms with E-state index in [0.29, 0.717) is 0 Å². The third kappa shape index (κ3) is 2.28. The predicted octanol–water partition coefficient (Wildman–Crippen LogP) is 3.27. The fourth-order valence-corrected chi connectivity index (χ4v) is 1.68. The van der Waals surface area contributed by atoms with E-state index in [1.165, 1.54) is 11.1 Å². The van der Waals surface area contributed by atoms with E-state index < -0.39 is 6.10 Å². The summed E-state index contributed by atoms with van der Waals surface area (Å²) < 4.78 is 0. The van der Waals surface area contributed by atoms with Crippen molar-refractivity contribution < 1.29 is 5.11 Å². The molecule has 0 heterocycles. The maximum absolute atomic E-state index is 9.86. The van der Waals surface area contributed by atoms with Gasteiger partial charge in [0, 0.05) is 0 Å². The summed E-state index contributed by atoms with van der Waals surface area (Å²) in [6.45, 7) is 7.93. The minimum Gasteiger partial charge on any atom is -0.387 e. The molecule has 78 valence electrons. The van der Waals surface area contributed by atoms with Crippen molar-refractivity contribution in [2.45, 2.75) is 39.2 Å². The smallest absolute Gasteiger partial charge is 0.0953 e. The molecule has 1 N–H and O–H groups in total. The highest BCUT2D eigenvalue weighted by Gasteiger charge is 2.16. The molecule has 0 aliphatic carbocycles. The SMILES string of the molecule is Cc1cc(C)c(C(O)C(C)Cl)cc1C. The molecule has 0 radical (unpaired) electrons. The van der Waals surface area contributed by atoms with Crippen LogP contribution in [0.25, 0.3) is 0 Å². The van der Waals surface area contributed by atoms with E-state index in [0.717, 1.165) is 11.1 Å². The van der Waals surface area contributed by atoms with E-state index in [2.05, 4.69) is 13.0 Å². The highest BCUT2D eigenvalue weighted by molar-refractivity contribution is 6.20. The predicted molar refractivity (Wildman–Crippen MR) is 60.9 cm³/mol. The van der Waals surface area contributed by atoms with Gasteiger partial charge in [0.15, 0.2) is 0 Å². The van der Waals surface area contributed by atoms with Crippen molar-refractivity contribution in [2.75, 3.05) is 0 Å². The van der Waals surface area contributed by atoms with Crippen LogP contribution in [-0.4, -0.2) is 10.5 Å². The summed E-state index contributed by atoms with van der Waals surface area (Å²) in [5, 5.41) is 9.61. The van der Waals surface area contributed by atoms with Crippen molar-refractivity contribution in [1.82, 2.24) is 0 Å². The molecular weight excluding hydrogens is 196 g/mol. The minimum absolute atomic E-state index is 0.254. The molecule has 1 rings (SSSR count). The molecule has 1 aromatic carbocycles. The molecule has 2 heteroatoms. The quantitative estimate of drug-likeness (QED) is 0.747. The van der Waals surface area contributed by atoms with Crippen LogP contribution in [-0.2, 0) is 0 Å². The van der Waals surface area contributed by atoms with Gasteiger partial charge in [-0.25, -0.2) is 0 Å². The normalized spacial score (nSPS) is 15.3. The van der Waals surface area contributed by atoms with Crippen molar-refractivity contribution in [2.24, 2.45) is 0 Å². The first kappa shape index (κ1) is 11.5. The highest BCUT2D eigenvalue weighted by Crippen LogP contribution is 2.26. The van der Waals surface area contributed by atoms with Crippen LogP contribution < -0.4 is 0 Å². The van der Waals surface area contributed by atoms with Gasteiger partial charge in [0.1, 0.15) is 0 Å². The van der Waals surface area contributed by atoms with Gasteiger partial charge < -0.3 is 5.11 Å². The number of rotatable bonds is 2. The van der Waals surface area contributed by atoms with Crippen LogP contribution in [0.1, 0.15) is 35.3 Å². The van der Waals surface area contributed by atoms with Crippen LogP contribution in [0.5, 0.6) is 0 Å². The number of aryl methyl sites for hydroxylation is 3. The number of aliphatic hydroxyl groups excluding tert-OH is 1. The van der Waals surface area contributed by atoms with Gasteiger partial charge in [0.25, 0.3) is 0 Å². The summed E-state index contributed by atoms with van der Waals surface area (Å²) in [5.41, 5.74) is 4.49. The van der Waals surface area contributed by atoms with E-state index in [-0.39, 0.29) is 5.38 Å². The second-order valence-electron chi connectivity index (χ2n) is 3.92. The molecule has 0 saturated carbocycles. The van der Waals surface area contributed by atoms with Crippen molar-refractivity contribution in [3.8, 4) is 0 Å². The summed E-state index contributed by atoms with van der Waals surface area (Å²) in [5.74, 6) is 0. The molecule has 14 heavy (non-hydrogen) atoms. The summed E-state index contributed by atoms with van der Waals surface area (Å²) in [6, 6.07) is 4.11. The summed E-state index contributed by atoms with van der Waals surface area (Å²) >= 11 is 5.88. The second kappa shape index (κ2) is 4.33. The molecule has 2 unspecified atom stereocenters. The third-order valence-corrected chi connectivity index (χ3v) is 2.87. The van der Waals surface area contributed by atoms with Gasteiger partial charge in [-0.15, -0.1) is 11.6 Å². The monoisotopic (exact) mass is 212 g/mol. The Morgan fingerprint density at radius 3 is 2.07 bits per heavy atom. The average molecular weight is 213 g/mol. The molecular formula is C12H17ClO. The fourth-order valence-electron chi connectivity index (χ4n) is 1.55. The van der Waals surface area contributed by atoms with Crippen molar-refractivity contribution >= 4 is 11.6 Å². The van der Waals surface area contributed by atoms with Crippen LogP contribution in [0.3, 0.4) is 0 Å². The summed E-state index contributed by atoms with van der Waals surface area (Å²) in [4.78, 5) is 0. The molecule has 0 amide bonds. The number of alkyl halides is 1. The zero-order valence-corrected chi connectivity index (χ0v) is 9.89. The number of benzene rings is 1. The first-order valence-electron chi connectivity index (χ1n) is 4.83. The molecule has 0 fully saturated rings. The maximum atomic E-state index is 9.86. The Labute approximate surface area is 90.7 Å². The molecule has 0 spiro atoms. The zero-order chi connectivity index (χ0) is 10.9. The lowest BCUT2D eigenvalue weighted by atomic mass is 9.96. The molecule has 0 bridgehead atoms. The van der Waals surface area contributed by atoms with Gasteiger partial charge in [0.2, 0.25) is 0 Å². The number of aliphatic hydroxyl groups is 1. The number of hydrogen-bond acceptors (Lipinski definition) is 1. The van der Waals surface area contributed by atoms with Gasteiger partial charge >= 0.3 is 0 Å². The average Bonchev–Trinajstić information content (AvgIpc) is 2.10. The van der Waals surface area contributed by atoms with Crippen LogP contribution in [0.4, 0.5) is 0 Å². The molecule has 0 aliphatic heterocycles. The van der Waals surface area contributed by atoms with Gasteiger partial charge in [-0.3, -0.25) is 0 Å². The van der Waals surface area contributed by atoms with E-state index in [1.807, 2.05) is 19.9 Å². The van der Waals surface area contributed by atoms with Gasteiger partial charge in [-0.1, -0.05) is 12.1 Å². The lowest BCUT2D eigenvalue weighted by Gasteiger charge is -2.17. The fraction of sp³-hybridized carbons (Fsp3) is 0.500. The molecule has 1 nitrogen and oxygen atoms in total. The summed E-state index contributed by atoms with van der Waals surface area (Å²) in [6.07, 6.45) is -0.573. The first-order valence-corrected chi connectivity index (χ1v) is 5.27. The van der Waals surface area contributed by atoms with Gasteiger partial charge in [0.05, 0.1) is 11.5 Å². The zero-order valence-electron chi connectivity index (χ0n) is 9.13. The largest absolute Gasteiger partial charge is 0.387 e. The maximum Gasteiger partial charge on any atom is 0.0953 e. The Hall–Kier alpha value is -0.530. The van der Waals surface area contributed by atoms with Gasteiger partial charge in [-0.05, 0) is 49.9 Å². The first-order chi connectivity index (χ1) is 6.43. The van der Waals surface area contributed by atoms with E-state index in [1.54, 1.807) is 6.92 Å². The lowest BCUT2D eigenvalue weighted by molar-refractivity contribution is 0.176. The molecule has 0 saturated heterocycles. The van der Waals surface area contributed by atoms with E-state index >= 15 is 0 Å². The number of halogens is 1. The third-order valence-electron chi connectivity index (χ3n) is 2.64. The van der Waals surface area contributed by atoms with Crippen LogP contribution in [0.2, 0.25) is 0 Å².